The van der Waals surface area contributed by atoms with Gasteiger partial charge in [-0.1, -0.05) is 6.07 Å². The van der Waals surface area contributed by atoms with Crippen LogP contribution >= 0.6 is 23.2 Å². The van der Waals surface area contributed by atoms with Gasteiger partial charge in [0.2, 0.25) is 5.91 Å². The Morgan fingerprint density at radius 1 is 1.31 bits per heavy atom. The van der Waals surface area contributed by atoms with E-state index in [1.807, 2.05) is 32.0 Å². The summed E-state index contributed by atoms with van der Waals surface area (Å²) in [4.78, 5) is 13.3. The van der Waals surface area contributed by atoms with Crippen LogP contribution in [0.4, 0.5) is 5.69 Å². The average molecular weight is 260 g/mol. The molecule has 1 unspecified atom stereocenters. The van der Waals surface area contributed by atoms with Crippen LogP contribution in [0.25, 0.3) is 0 Å². The largest absolute Gasteiger partial charge is 0.297 e. The third-order valence-electron chi connectivity index (χ3n) is 2.24. The Labute approximate surface area is 106 Å². The Morgan fingerprint density at radius 3 is 2.19 bits per heavy atom. The highest BCUT2D eigenvalue weighted by Crippen LogP contribution is 2.21. The highest BCUT2D eigenvalue weighted by Gasteiger charge is 2.19. The van der Waals surface area contributed by atoms with Crippen LogP contribution in [-0.2, 0) is 4.79 Å². The standard InChI is InChI=1S/C12H15Cl2NO/c1-8-4-9(2)6-11(5-8)15(7-13)12(16)10(3)14/h4-6,10H,7H2,1-3H3. The van der Waals surface area contributed by atoms with E-state index >= 15 is 0 Å². The Balaban J connectivity index is 3.08. The van der Waals surface area contributed by atoms with Crippen LogP contribution in [0.2, 0.25) is 0 Å². The van der Waals surface area contributed by atoms with Gasteiger partial charge >= 0.3 is 0 Å². The minimum atomic E-state index is -0.570. The summed E-state index contributed by atoms with van der Waals surface area (Å²) in [6.07, 6.45) is 0. The maximum Gasteiger partial charge on any atom is 0.245 e. The molecule has 0 aliphatic heterocycles. The molecular weight excluding hydrogens is 245 g/mol. The lowest BCUT2D eigenvalue weighted by molar-refractivity contribution is -0.117. The molecule has 4 heteroatoms. The molecule has 0 bridgehead atoms. The predicted molar refractivity (Wildman–Crippen MR) is 69.4 cm³/mol. The molecule has 0 aliphatic rings. The summed E-state index contributed by atoms with van der Waals surface area (Å²) in [5.74, 6) is -0.179. The number of nitrogens with zero attached hydrogens (tertiary/aromatic N) is 1. The first-order valence-electron chi connectivity index (χ1n) is 5.05. The first-order chi connectivity index (χ1) is 7.45. The maximum absolute atomic E-state index is 11.8. The number of carbonyl (C=O) groups is 1. The normalized spacial score (nSPS) is 12.3. The molecule has 1 aromatic carbocycles. The van der Waals surface area contributed by atoms with Crippen LogP contribution in [0.1, 0.15) is 18.1 Å². The zero-order valence-electron chi connectivity index (χ0n) is 9.63. The lowest BCUT2D eigenvalue weighted by Gasteiger charge is -2.22. The number of carbonyl (C=O) groups excluding carboxylic acids is 1. The Hall–Kier alpha value is -0.730. The van der Waals surface area contributed by atoms with Gasteiger partial charge in [-0.3, -0.25) is 9.69 Å². The Bertz CT molecular complexity index is 370. The molecule has 88 valence electrons. The number of halogens is 2. The van der Waals surface area contributed by atoms with Crippen molar-refractivity contribution in [3.05, 3.63) is 29.3 Å². The van der Waals surface area contributed by atoms with Gasteiger partial charge in [0.1, 0.15) is 11.4 Å². The summed E-state index contributed by atoms with van der Waals surface area (Å²) in [5.41, 5.74) is 2.99. The number of aryl methyl sites for hydroxylation is 2. The zero-order valence-corrected chi connectivity index (χ0v) is 11.1. The van der Waals surface area contributed by atoms with Crippen molar-refractivity contribution in [1.29, 1.82) is 0 Å². The van der Waals surface area contributed by atoms with E-state index in [0.29, 0.717) is 0 Å². The lowest BCUT2D eigenvalue weighted by atomic mass is 10.1. The van der Waals surface area contributed by atoms with Crippen molar-refractivity contribution in [3.63, 3.8) is 0 Å². The van der Waals surface area contributed by atoms with Crippen LogP contribution < -0.4 is 4.90 Å². The smallest absolute Gasteiger partial charge is 0.245 e. The monoisotopic (exact) mass is 259 g/mol. The van der Waals surface area contributed by atoms with E-state index in [-0.39, 0.29) is 11.9 Å². The van der Waals surface area contributed by atoms with E-state index in [1.165, 1.54) is 4.90 Å². The quantitative estimate of drug-likeness (QED) is 0.602. The number of hydrogen-bond donors (Lipinski definition) is 0. The molecule has 0 saturated carbocycles. The fourth-order valence-electron chi connectivity index (χ4n) is 1.58. The van der Waals surface area contributed by atoms with Gasteiger partial charge in [-0.15, -0.1) is 23.2 Å². The Morgan fingerprint density at radius 2 is 1.81 bits per heavy atom. The molecule has 1 rings (SSSR count). The van der Waals surface area contributed by atoms with Crippen LogP contribution in [0, 0.1) is 13.8 Å². The van der Waals surface area contributed by atoms with Gasteiger partial charge in [-0.2, -0.15) is 0 Å². The summed E-state index contributed by atoms with van der Waals surface area (Å²) >= 11 is 11.6. The van der Waals surface area contributed by atoms with Gasteiger partial charge in [0.05, 0.1) is 0 Å². The third kappa shape index (κ3) is 3.13. The van der Waals surface area contributed by atoms with Gasteiger partial charge in [0, 0.05) is 5.69 Å². The second-order valence-corrected chi connectivity index (χ2v) is 4.74. The zero-order chi connectivity index (χ0) is 12.3. The number of hydrogen-bond acceptors (Lipinski definition) is 1. The second-order valence-electron chi connectivity index (χ2n) is 3.85. The van der Waals surface area contributed by atoms with Gasteiger partial charge in [0.15, 0.2) is 0 Å². The topological polar surface area (TPSA) is 20.3 Å². The summed E-state index contributed by atoms with van der Waals surface area (Å²) in [7, 11) is 0. The lowest BCUT2D eigenvalue weighted by Crippen LogP contribution is -2.34. The molecule has 0 saturated heterocycles. The summed E-state index contributed by atoms with van der Waals surface area (Å²) in [6, 6.07) is 6.00. The molecule has 0 radical (unpaired) electrons. The number of rotatable bonds is 3. The predicted octanol–water partition coefficient (Wildman–Crippen LogP) is 3.46. The van der Waals surface area contributed by atoms with E-state index in [2.05, 4.69) is 0 Å². The number of anilines is 1. The van der Waals surface area contributed by atoms with Gasteiger partial charge in [-0.05, 0) is 44.0 Å². The minimum Gasteiger partial charge on any atom is -0.297 e. The number of benzene rings is 1. The molecular formula is C12H15Cl2NO. The van der Waals surface area contributed by atoms with E-state index < -0.39 is 5.38 Å². The van der Waals surface area contributed by atoms with Crippen molar-refractivity contribution in [3.8, 4) is 0 Å². The van der Waals surface area contributed by atoms with E-state index in [4.69, 9.17) is 23.2 Å². The highest BCUT2D eigenvalue weighted by molar-refractivity contribution is 6.33. The summed E-state index contributed by atoms with van der Waals surface area (Å²) in [6.45, 7) is 5.61. The molecule has 0 heterocycles. The molecule has 1 aromatic rings. The van der Waals surface area contributed by atoms with E-state index in [9.17, 15) is 4.79 Å². The van der Waals surface area contributed by atoms with Crippen molar-refractivity contribution >= 4 is 34.8 Å². The average Bonchev–Trinajstić information content (AvgIpc) is 2.16. The minimum absolute atomic E-state index is 0.110. The molecule has 0 N–H and O–H groups in total. The fourth-order valence-corrected chi connectivity index (χ4v) is 1.95. The van der Waals surface area contributed by atoms with E-state index in [1.54, 1.807) is 6.92 Å². The molecule has 16 heavy (non-hydrogen) atoms. The third-order valence-corrected chi connectivity index (χ3v) is 2.67. The van der Waals surface area contributed by atoms with Crippen LogP contribution in [0.5, 0.6) is 0 Å². The highest BCUT2D eigenvalue weighted by atomic mass is 35.5. The number of amides is 1. The fraction of sp³-hybridized carbons (Fsp3) is 0.417. The Kier molecular flexibility index (Phi) is 4.63. The van der Waals surface area contributed by atoms with Gasteiger partial charge in [-0.25, -0.2) is 0 Å². The second kappa shape index (κ2) is 5.55. The van der Waals surface area contributed by atoms with Gasteiger partial charge < -0.3 is 0 Å². The molecule has 0 spiro atoms. The van der Waals surface area contributed by atoms with Crippen molar-refractivity contribution in [2.24, 2.45) is 0 Å². The molecule has 0 aliphatic carbocycles. The van der Waals surface area contributed by atoms with Crippen molar-refractivity contribution in [1.82, 2.24) is 0 Å². The van der Waals surface area contributed by atoms with E-state index in [0.717, 1.165) is 16.8 Å². The van der Waals surface area contributed by atoms with Crippen LogP contribution in [-0.4, -0.2) is 17.3 Å². The van der Waals surface area contributed by atoms with Crippen molar-refractivity contribution in [2.75, 3.05) is 10.9 Å². The number of alkyl halides is 2. The SMILES string of the molecule is Cc1cc(C)cc(N(CCl)C(=O)C(C)Cl)c1. The van der Waals surface area contributed by atoms with Crippen molar-refractivity contribution < 1.29 is 4.79 Å². The first-order valence-corrected chi connectivity index (χ1v) is 6.02. The molecule has 1 amide bonds. The molecule has 0 aromatic heterocycles. The van der Waals surface area contributed by atoms with Crippen LogP contribution in [0.3, 0.4) is 0 Å². The first kappa shape index (κ1) is 13.3. The molecule has 2 nitrogen and oxygen atoms in total. The van der Waals surface area contributed by atoms with Gasteiger partial charge in [0.25, 0.3) is 0 Å². The molecule has 1 atom stereocenters. The molecule has 0 fully saturated rings. The van der Waals surface area contributed by atoms with Crippen LogP contribution in [0.15, 0.2) is 18.2 Å². The van der Waals surface area contributed by atoms with Crippen molar-refractivity contribution in [2.45, 2.75) is 26.1 Å². The summed E-state index contributed by atoms with van der Waals surface area (Å²) < 4.78 is 0. The summed E-state index contributed by atoms with van der Waals surface area (Å²) in [5, 5.41) is -0.570. The maximum atomic E-state index is 11.8.